The molecule has 0 unspecified atom stereocenters. The van der Waals surface area contributed by atoms with Crippen molar-refractivity contribution in [3.8, 4) is 0 Å². The third-order valence-corrected chi connectivity index (χ3v) is 4.20. The number of nitrogens with two attached hydrogens (primary N) is 1. The number of rotatable bonds is 3. The Bertz CT molecular complexity index is 806. The van der Waals surface area contributed by atoms with E-state index in [1.807, 2.05) is 0 Å². The molecule has 0 atom stereocenters. The van der Waals surface area contributed by atoms with Crippen LogP contribution in [0.4, 0.5) is 5.69 Å². The van der Waals surface area contributed by atoms with Crippen molar-refractivity contribution < 1.29 is 17.6 Å². The molecular formula is C14H16N2O4S. The Morgan fingerprint density at radius 2 is 1.76 bits per heavy atom. The number of aryl methyl sites for hydroxylation is 2. The molecule has 2 aromatic rings. The van der Waals surface area contributed by atoms with Gasteiger partial charge in [-0.05, 0) is 32.9 Å². The maximum absolute atomic E-state index is 12.3. The zero-order chi connectivity index (χ0) is 15.8. The van der Waals surface area contributed by atoms with Gasteiger partial charge in [0, 0.05) is 5.56 Å². The highest BCUT2D eigenvalue weighted by molar-refractivity contribution is 7.89. The van der Waals surface area contributed by atoms with Crippen LogP contribution in [0, 0.1) is 20.8 Å². The number of anilines is 1. The first kappa shape index (κ1) is 15.3. The van der Waals surface area contributed by atoms with E-state index in [2.05, 4.69) is 5.32 Å². The number of nitrogens with one attached hydrogen (secondary N) is 1. The molecule has 1 amide bonds. The predicted molar refractivity (Wildman–Crippen MR) is 78.7 cm³/mol. The molecule has 0 aliphatic rings. The van der Waals surface area contributed by atoms with E-state index in [1.54, 1.807) is 26.8 Å². The zero-order valence-electron chi connectivity index (χ0n) is 11.9. The van der Waals surface area contributed by atoms with Gasteiger partial charge in [0.05, 0.1) is 11.3 Å². The first-order chi connectivity index (χ1) is 9.71. The molecule has 3 N–H and O–H groups in total. The Hall–Kier alpha value is -2.12. The van der Waals surface area contributed by atoms with E-state index in [0.717, 1.165) is 5.56 Å². The molecule has 2 rings (SSSR count). The third-order valence-electron chi connectivity index (χ3n) is 3.23. The molecule has 0 spiro atoms. The van der Waals surface area contributed by atoms with Gasteiger partial charge in [-0.2, -0.15) is 0 Å². The number of para-hydroxylation sites is 1. The number of carbonyl (C=O) groups excluding carboxylic acids is 1. The number of amides is 1. The predicted octanol–water partition coefficient (Wildman–Crippen LogP) is 2.10. The normalized spacial score (nSPS) is 11.4. The standard InChI is InChI=1S/C14H16N2O4S/c1-8-9(2)20-10(3)13(8)14(17)16-11-6-4-5-7-12(11)21(15,18)19/h4-7H,1-3H3,(H,16,17)(H2,15,18,19). The quantitative estimate of drug-likeness (QED) is 0.906. The average Bonchev–Trinajstić information content (AvgIpc) is 2.62. The number of furan rings is 1. The fraction of sp³-hybridized carbons (Fsp3) is 0.214. The minimum Gasteiger partial charge on any atom is -0.466 e. The number of primary sulfonamides is 1. The van der Waals surface area contributed by atoms with Crippen molar-refractivity contribution in [2.24, 2.45) is 5.14 Å². The molecule has 0 radical (unpaired) electrons. The lowest BCUT2D eigenvalue weighted by Gasteiger charge is -2.09. The Kier molecular flexibility index (Phi) is 3.89. The largest absolute Gasteiger partial charge is 0.466 e. The lowest BCUT2D eigenvalue weighted by Crippen LogP contribution is -2.19. The van der Waals surface area contributed by atoms with Crippen molar-refractivity contribution in [2.45, 2.75) is 25.7 Å². The van der Waals surface area contributed by atoms with Crippen molar-refractivity contribution in [2.75, 3.05) is 5.32 Å². The lowest BCUT2D eigenvalue weighted by molar-refractivity contribution is 0.102. The topological polar surface area (TPSA) is 102 Å². The van der Waals surface area contributed by atoms with Gasteiger partial charge < -0.3 is 9.73 Å². The monoisotopic (exact) mass is 308 g/mol. The van der Waals surface area contributed by atoms with Gasteiger partial charge in [0.1, 0.15) is 16.4 Å². The molecule has 0 fully saturated rings. The maximum atomic E-state index is 12.3. The minimum atomic E-state index is -3.91. The molecule has 0 saturated heterocycles. The Morgan fingerprint density at radius 1 is 1.14 bits per heavy atom. The highest BCUT2D eigenvalue weighted by Gasteiger charge is 2.21. The number of benzene rings is 1. The summed E-state index contributed by atoms with van der Waals surface area (Å²) in [6, 6.07) is 5.97. The molecule has 6 nitrogen and oxygen atoms in total. The van der Waals surface area contributed by atoms with Gasteiger partial charge in [0.15, 0.2) is 0 Å². The first-order valence-corrected chi connectivity index (χ1v) is 7.76. The summed E-state index contributed by atoms with van der Waals surface area (Å²) in [5.41, 5.74) is 1.26. The number of hydrogen-bond acceptors (Lipinski definition) is 4. The molecule has 112 valence electrons. The second-order valence-electron chi connectivity index (χ2n) is 4.71. The van der Waals surface area contributed by atoms with Crippen molar-refractivity contribution in [3.05, 3.63) is 46.9 Å². The number of hydrogen-bond donors (Lipinski definition) is 2. The maximum Gasteiger partial charge on any atom is 0.259 e. The summed E-state index contributed by atoms with van der Waals surface area (Å²) >= 11 is 0. The lowest BCUT2D eigenvalue weighted by atomic mass is 10.1. The van der Waals surface area contributed by atoms with Crippen molar-refractivity contribution >= 4 is 21.6 Å². The average molecular weight is 308 g/mol. The van der Waals surface area contributed by atoms with Crippen LogP contribution in [-0.2, 0) is 10.0 Å². The summed E-state index contributed by atoms with van der Waals surface area (Å²) in [5.74, 6) is 0.700. The summed E-state index contributed by atoms with van der Waals surface area (Å²) in [6.07, 6.45) is 0. The molecule has 7 heteroatoms. The summed E-state index contributed by atoms with van der Waals surface area (Å²) in [5, 5.41) is 7.71. The molecule has 0 aliphatic carbocycles. The van der Waals surface area contributed by atoms with Gasteiger partial charge in [-0.25, -0.2) is 13.6 Å². The van der Waals surface area contributed by atoms with E-state index in [9.17, 15) is 13.2 Å². The molecule has 21 heavy (non-hydrogen) atoms. The van der Waals surface area contributed by atoms with E-state index < -0.39 is 15.9 Å². The van der Waals surface area contributed by atoms with E-state index in [-0.39, 0.29) is 10.6 Å². The third kappa shape index (κ3) is 2.98. The van der Waals surface area contributed by atoms with Gasteiger partial charge in [-0.1, -0.05) is 12.1 Å². The van der Waals surface area contributed by atoms with Crippen LogP contribution < -0.4 is 10.5 Å². The minimum absolute atomic E-state index is 0.131. The zero-order valence-corrected chi connectivity index (χ0v) is 12.7. The molecular weight excluding hydrogens is 292 g/mol. The number of sulfonamides is 1. The van der Waals surface area contributed by atoms with Crippen LogP contribution in [0.15, 0.2) is 33.6 Å². The fourth-order valence-corrected chi connectivity index (χ4v) is 2.82. The molecule has 0 bridgehead atoms. The van der Waals surface area contributed by atoms with Crippen LogP contribution in [0.25, 0.3) is 0 Å². The molecule has 1 heterocycles. The van der Waals surface area contributed by atoms with Gasteiger partial charge in [-0.15, -0.1) is 0 Å². The van der Waals surface area contributed by atoms with E-state index >= 15 is 0 Å². The summed E-state index contributed by atoms with van der Waals surface area (Å²) in [7, 11) is -3.91. The molecule has 0 saturated carbocycles. The van der Waals surface area contributed by atoms with Crippen LogP contribution in [0.5, 0.6) is 0 Å². The molecule has 1 aromatic heterocycles. The van der Waals surface area contributed by atoms with E-state index in [4.69, 9.17) is 9.56 Å². The highest BCUT2D eigenvalue weighted by atomic mass is 32.2. The Balaban J connectivity index is 2.42. The van der Waals surface area contributed by atoms with Crippen LogP contribution in [0.3, 0.4) is 0 Å². The molecule has 1 aromatic carbocycles. The van der Waals surface area contributed by atoms with Gasteiger partial charge in [0.25, 0.3) is 5.91 Å². The highest BCUT2D eigenvalue weighted by Crippen LogP contribution is 2.24. The van der Waals surface area contributed by atoms with E-state index in [0.29, 0.717) is 17.1 Å². The molecule has 0 aliphatic heterocycles. The van der Waals surface area contributed by atoms with Crippen molar-refractivity contribution in [1.82, 2.24) is 0 Å². The van der Waals surface area contributed by atoms with Crippen LogP contribution >= 0.6 is 0 Å². The van der Waals surface area contributed by atoms with Crippen LogP contribution in [0.2, 0.25) is 0 Å². The van der Waals surface area contributed by atoms with Gasteiger partial charge in [0.2, 0.25) is 10.0 Å². The van der Waals surface area contributed by atoms with Crippen LogP contribution in [0.1, 0.15) is 27.4 Å². The summed E-state index contributed by atoms with van der Waals surface area (Å²) < 4.78 is 28.4. The fourth-order valence-electron chi connectivity index (χ4n) is 2.13. The Morgan fingerprint density at radius 3 is 2.29 bits per heavy atom. The van der Waals surface area contributed by atoms with Crippen LogP contribution in [-0.4, -0.2) is 14.3 Å². The number of carbonyl (C=O) groups is 1. The smallest absolute Gasteiger partial charge is 0.259 e. The summed E-state index contributed by atoms with van der Waals surface area (Å²) in [6.45, 7) is 5.21. The summed E-state index contributed by atoms with van der Waals surface area (Å²) in [4.78, 5) is 12.2. The van der Waals surface area contributed by atoms with Gasteiger partial charge >= 0.3 is 0 Å². The SMILES string of the molecule is Cc1oc(C)c(C(=O)Nc2ccccc2S(N)(=O)=O)c1C. The van der Waals surface area contributed by atoms with Gasteiger partial charge in [-0.3, -0.25) is 4.79 Å². The first-order valence-electron chi connectivity index (χ1n) is 6.21. The Labute approximate surface area is 123 Å². The van der Waals surface area contributed by atoms with Crippen molar-refractivity contribution in [1.29, 1.82) is 0 Å². The van der Waals surface area contributed by atoms with Crippen molar-refractivity contribution in [3.63, 3.8) is 0 Å². The second kappa shape index (κ2) is 5.34. The van der Waals surface area contributed by atoms with E-state index in [1.165, 1.54) is 18.2 Å². The second-order valence-corrected chi connectivity index (χ2v) is 6.24.